The minimum atomic E-state index is -1.42. The number of carboxylic acid groups (broad SMARTS) is 1. The summed E-state index contributed by atoms with van der Waals surface area (Å²) in [5.41, 5.74) is -0.858. The van der Waals surface area contributed by atoms with E-state index >= 15 is 0 Å². The predicted octanol–water partition coefficient (Wildman–Crippen LogP) is 2.11. The number of allylic oxidation sites excluding steroid dienone is 1. The molecule has 0 heterocycles. The minimum absolute atomic E-state index is 0.103. The number of hydrogen-bond donors (Lipinski definition) is 3. The summed E-state index contributed by atoms with van der Waals surface area (Å²) in [6.45, 7) is 1.16. The zero-order chi connectivity index (χ0) is 12.3. The first-order valence-corrected chi connectivity index (χ1v) is 4.41. The lowest BCUT2D eigenvalue weighted by molar-refractivity contribution is -0.132. The van der Waals surface area contributed by atoms with Crippen LogP contribution in [0.2, 0.25) is 0 Å². The van der Waals surface area contributed by atoms with Crippen molar-refractivity contribution in [1.82, 2.24) is 0 Å². The SMILES string of the molecule is C/C(O)=C(/C(=N)c1cccc(F)c1)C(=O)O. The van der Waals surface area contributed by atoms with E-state index in [9.17, 15) is 9.18 Å². The number of carboxylic acids is 1. The van der Waals surface area contributed by atoms with E-state index in [0.29, 0.717) is 0 Å². The van der Waals surface area contributed by atoms with E-state index in [-0.39, 0.29) is 5.56 Å². The van der Waals surface area contributed by atoms with Gasteiger partial charge in [0.2, 0.25) is 0 Å². The molecule has 0 fully saturated rings. The number of benzene rings is 1. The molecule has 0 saturated carbocycles. The smallest absolute Gasteiger partial charge is 0.341 e. The fourth-order valence-corrected chi connectivity index (χ4v) is 1.23. The average Bonchev–Trinajstić information content (AvgIpc) is 2.16. The van der Waals surface area contributed by atoms with Gasteiger partial charge in [-0.15, -0.1) is 0 Å². The second kappa shape index (κ2) is 4.57. The lowest BCUT2D eigenvalue weighted by Crippen LogP contribution is -2.15. The molecule has 0 bridgehead atoms. The van der Waals surface area contributed by atoms with Crippen LogP contribution in [0.3, 0.4) is 0 Å². The lowest BCUT2D eigenvalue weighted by atomic mass is 10.0. The molecule has 16 heavy (non-hydrogen) atoms. The van der Waals surface area contributed by atoms with E-state index in [0.717, 1.165) is 13.0 Å². The van der Waals surface area contributed by atoms with Gasteiger partial charge >= 0.3 is 5.97 Å². The third kappa shape index (κ3) is 2.44. The normalized spacial score (nSPS) is 11.9. The van der Waals surface area contributed by atoms with Crippen LogP contribution in [0.1, 0.15) is 12.5 Å². The number of aliphatic carboxylic acids is 1. The Morgan fingerprint density at radius 1 is 1.38 bits per heavy atom. The summed E-state index contributed by atoms with van der Waals surface area (Å²) in [5.74, 6) is -2.47. The molecule has 0 saturated heterocycles. The van der Waals surface area contributed by atoms with Gasteiger partial charge in [0.1, 0.15) is 17.1 Å². The van der Waals surface area contributed by atoms with Gasteiger partial charge in [0, 0.05) is 5.56 Å². The van der Waals surface area contributed by atoms with E-state index in [2.05, 4.69) is 0 Å². The topological polar surface area (TPSA) is 81.4 Å². The van der Waals surface area contributed by atoms with Crippen molar-refractivity contribution < 1.29 is 19.4 Å². The molecular weight excluding hydrogens is 213 g/mol. The van der Waals surface area contributed by atoms with Crippen molar-refractivity contribution in [2.45, 2.75) is 6.92 Å². The van der Waals surface area contributed by atoms with Crippen LogP contribution >= 0.6 is 0 Å². The lowest BCUT2D eigenvalue weighted by Gasteiger charge is -2.06. The predicted molar refractivity (Wildman–Crippen MR) is 56.2 cm³/mol. The number of nitrogens with one attached hydrogen (secondary N) is 1. The molecule has 0 spiro atoms. The molecule has 84 valence electrons. The van der Waals surface area contributed by atoms with E-state index in [1.807, 2.05) is 0 Å². The van der Waals surface area contributed by atoms with Gasteiger partial charge in [-0.1, -0.05) is 12.1 Å². The molecule has 0 aliphatic carbocycles. The molecule has 1 rings (SSSR count). The zero-order valence-corrected chi connectivity index (χ0v) is 8.49. The summed E-state index contributed by atoms with van der Waals surface area (Å²) in [7, 11) is 0. The summed E-state index contributed by atoms with van der Waals surface area (Å²) in [6.07, 6.45) is 0. The van der Waals surface area contributed by atoms with Crippen LogP contribution < -0.4 is 0 Å². The van der Waals surface area contributed by atoms with Gasteiger partial charge in [-0.2, -0.15) is 0 Å². The summed E-state index contributed by atoms with van der Waals surface area (Å²) >= 11 is 0. The zero-order valence-electron chi connectivity index (χ0n) is 8.49. The molecule has 1 aromatic carbocycles. The van der Waals surface area contributed by atoms with Crippen molar-refractivity contribution in [3.8, 4) is 0 Å². The number of halogens is 1. The van der Waals surface area contributed by atoms with Crippen molar-refractivity contribution in [2.24, 2.45) is 0 Å². The molecular formula is C11H10FNO3. The van der Waals surface area contributed by atoms with Crippen LogP contribution in [0.4, 0.5) is 4.39 Å². The van der Waals surface area contributed by atoms with Crippen molar-refractivity contribution in [3.63, 3.8) is 0 Å². The summed E-state index contributed by atoms with van der Waals surface area (Å²) in [4.78, 5) is 10.8. The molecule has 4 nitrogen and oxygen atoms in total. The van der Waals surface area contributed by atoms with E-state index in [4.69, 9.17) is 15.6 Å². The first-order valence-electron chi connectivity index (χ1n) is 4.41. The maximum absolute atomic E-state index is 12.9. The van der Waals surface area contributed by atoms with Gasteiger partial charge in [0.25, 0.3) is 0 Å². The van der Waals surface area contributed by atoms with Crippen molar-refractivity contribution >= 4 is 11.7 Å². The van der Waals surface area contributed by atoms with Gasteiger partial charge in [0.15, 0.2) is 0 Å². The minimum Gasteiger partial charge on any atom is -0.512 e. The Balaban J connectivity index is 3.21. The Hall–Kier alpha value is -2.17. The van der Waals surface area contributed by atoms with Crippen LogP contribution in [0.25, 0.3) is 0 Å². The molecule has 5 heteroatoms. The second-order valence-electron chi connectivity index (χ2n) is 3.15. The highest BCUT2D eigenvalue weighted by molar-refractivity contribution is 6.25. The van der Waals surface area contributed by atoms with Crippen LogP contribution in [-0.4, -0.2) is 21.9 Å². The standard InChI is InChI=1S/C11H10FNO3/c1-6(14)9(11(15)16)10(13)7-3-2-4-8(12)5-7/h2-5,13-14H,1H3,(H,15,16)/b9-6+,13-10?. The molecule has 0 amide bonds. The Morgan fingerprint density at radius 3 is 2.44 bits per heavy atom. The maximum Gasteiger partial charge on any atom is 0.341 e. The Bertz CT molecular complexity index is 476. The highest BCUT2D eigenvalue weighted by Crippen LogP contribution is 2.12. The summed E-state index contributed by atoms with van der Waals surface area (Å²) in [5, 5.41) is 25.5. The highest BCUT2D eigenvalue weighted by atomic mass is 19.1. The largest absolute Gasteiger partial charge is 0.512 e. The van der Waals surface area contributed by atoms with Gasteiger partial charge in [-0.3, -0.25) is 5.41 Å². The van der Waals surface area contributed by atoms with Crippen LogP contribution in [0.15, 0.2) is 35.6 Å². The van der Waals surface area contributed by atoms with E-state index < -0.39 is 28.8 Å². The maximum atomic E-state index is 12.9. The van der Waals surface area contributed by atoms with Gasteiger partial charge < -0.3 is 10.2 Å². The van der Waals surface area contributed by atoms with E-state index in [1.165, 1.54) is 18.2 Å². The third-order valence-corrected chi connectivity index (χ3v) is 1.94. The van der Waals surface area contributed by atoms with Crippen LogP contribution in [0, 0.1) is 11.2 Å². The van der Waals surface area contributed by atoms with Crippen LogP contribution in [0.5, 0.6) is 0 Å². The molecule has 0 atom stereocenters. The number of aliphatic hydroxyl groups excluding tert-OH is 1. The van der Waals surface area contributed by atoms with Crippen molar-refractivity contribution in [1.29, 1.82) is 5.41 Å². The molecule has 0 aromatic heterocycles. The summed E-state index contributed by atoms with van der Waals surface area (Å²) < 4.78 is 12.9. The third-order valence-electron chi connectivity index (χ3n) is 1.94. The molecule has 0 radical (unpaired) electrons. The summed E-state index contributed by atoms with van der Waals surface area (Å²) in [6, 6.07) is 4.99. The fraction of sp³-hybridized carbons (Fsp3) is 0.0909. The first kappa shape index (κ1) is 11.9. The van der Waals surface area contributed by atoms with Crippen LogP contribution in [-0.2, 0) is 4.79 Å². The van der Waals surface area contributed by atoms with Gasteiger partial charge in [-0.05, 0) is 19.1 Å². The van der Waals surface area contributed by atoms with Gasteiger partial charge in [-0.25, -0.2) is 9.18 Å². The number of rotatable bonds is 3. The first-order chi connectivity index (χ1) is 7.43. The Labute approximate surface area is 91.2 Å². The molecule has 1 aromatic rings. The average molecular weight is 223 g/mol. The quantitative estimate of drug-likeness (QED) is 0.417. The monoisotopic (exact) mass is 223 g/mol. The molecule has 3 N–H and O–H groups in total. The number of aliphatic hydroxyl groups is 1. The van der Waals surface area contributed by atoms with Crippen molar-refractivity contribution in [3.05, 3.63) is 47.0 Å². The highest BCUT2D eigenvalue weighted by Gasteiger charge is 2.18. The van der Waals surface area contributed by atoms with Crippen molar-refractivity contribution in [2.75, 3.05) is 0 Å². The second-order valence-corrected chi connectivity index (χ2v) is 3.15. The van der Waals surface area contributed by atoms with Gasteiger partial charge in [0.05, 0.1) is 5.71 Å². The van der Waals surface area contributed by atoms with E-state index in [1.54, 1.807) is 0 Å². The number of carbonyl (C=O) groups is 1. The number of hydrogen-bond acceptors (Lipinski definition) is 3. The molecule has 0 aliphatic heterocycles. The Morgan fingerprint density at radius 2 is 2.00 bits per heavy atom. The Kier molecular flexibility index (Phi) is 3.40. The fourth-order valence-electron chi connectivity index (χ4n) is 1.23. The molecule has 0 unspecified atom stereocenters. The molecule has 0 aliphatic rings.